The molecule has 0 atom stereocenters. The lowest BCUT2D eigenvalue weighted by Gasteiger charge is -2.13. The van der Waals surface area contributed by atoms with Gasteiger partial charge in [0.15, 0.2) is 5.22 Å². The van der Waals surface area contributed by atoms with Crippen LogP contribution in [-0.4, -0.2) is 34.6 Å². The first-order chi connectivity index (χ1) is 17.1. The van der Waals surface area contributed by atoms with Crippen LogP contribution in [0.4, 0.5) is 0 Å². The van der Waals surface area contributed by atoms with Crippen LogP contribution >= 0.6 is 11.6 Å². The highest BCUT2D eigenvalue weighted by Crippen LogP contribution is 2.29. The molecule has 1 aliphatic heterocycles. The van der Waals surface area contributed by atoms with Crippen LogP contribution in [0.2, 0.25) is 5.22 Å². The number of aryl methyl sites for hydroxylation is 1. The summed E-state index contributed by atoms with van der Waals surface area (Å²) in [6.07, 6.45) is 10.8. The molecule has 5 rings (SSSR count). The van der Waals surface area contributed by atoms with Crippen LogP contribution in [0.25, 0.3) is 16.5 Å². The fourth-order valence-corrected chi connectivity index (χ4v) is 4.99. The van der Waals surface area contributed by atoms with Crippen molar-refractivity contribution in [2.45, 2.75) is 38.5 Å². The van der Waals surface area contributed by atoms with Crippen molar-refractivity contribution in [1.29, 1.82) is 0 Å². The Bertz CT molecular complexity index is 1290. The molecule has 4 aromatic rings. The first-order valence-corrected chi connectivity index (χ1v) is 12.8. The number of hydrogen-bond acceptors (Lipinski definition) is 4. The van der Waals surface area contributed by atoms with E-state index in [9.17, 15) is 5.11 Å². The SMILES string of the molecule is Oc1ccc(CC(=CCc2ccc(CCCN3CCCC3)nc2)c2ccc3oc(Cl)cc3c2)cc1. The predicted octanol–water partition coefficient (Wildman–Crippen LogP) is 7.08. The summed E-state index contributed by atoms with van der Waals surface area (Å²) in [6, 6.07) is 19.8. The van der Waals surface area contributed by atoms with Gasteiger partial charge in [-0.1, -0.05) is 30.3 Å². The van der Waals surface area contributed by atoms with Gasteiger partial charge in [-0.2, -0.15) is 0 Å². The van der Waals surface area contributed by atoms with Crippen molar-refractivity contribution in [3.63, 3.8) is 0 Å². The highest BCUT2D eigenvalue weighted by Gasteiger charge is 2.11. The number of allylic oxidation sites excluding steroid dienone is 2. The zero-order valence-corrected chi connectivity index (χ0v) is 20.7. The molecule has 2 aromatic heterocycles. The van der Waals surface area contributed by atoms with E-state index in [1.54, 1.807) is 12.1 Å². The molecule has 0 saturated carbocycles. The summed E-state index contributed by atoms with van der Waals surface area (Å²) in [7, 11) is 0. The number of nitrogens with zero attached hydrogens (tertiary/aromatic N) is 2. The maximum absolute atomic E-state index is 9.67. The van der Waals surface area contributed by atoms with Gasteiger partial charge in [-0.15, -0.1) is 0 Å². The van der Waals surface area contributed by atoms with Gasteiger partial charge in [0.2, 0.25) is 0 Å². The molecule has 1 aliphatic rings. The second kappa shape index (κ2) is 11.1. The molecule has 0 radical (unpaired) electrons. The smallest absolute Gasteiger partial charge is 0.194 e. The van der Waals surface area contributed by atoms with Gasteiger partial charge in [0, 0.05) is 23.3 Å². The number of halogens is 1. The van der Waals surface area contributed by atoms with Gasteiger partial charge in [0.05, 0.1) is 0 Å². The Morgan fingerprint density at radius 3 is 2.57 bits per heavy atom. The van der Waals surface area contributed by atoms with Crippen molar-refractivity contribution in [3.8, 4) is 5.75 Å². The topological polar surface area (TPSA) is 49.5 Å². The third-order valence-electron chi connectivity index (χ3n) is 6.76. The minimum absolute atomic E-state index is 0.278. The molecule has 1 N–H and O–H groups in total. The maximum atomic E-state index is 9.67. The van der Waals surface area contributed by atoms with Gasteiger partial charge in [-0.3, -0.25) is 4.98 Å². The molecular weight excluding hydrogens is 456 g/mol. The van der Waals surface area contributed by atoms with E-state index >= 15 is 0 Å². The Morgan fingerprint density at radius 2 is 1.80 bits per heavy atom. The fraction of sp³-hybridized carbons (Fsp3) is 0.300. The third kappa shape index (κ3) is 6.33. The molecule has 0 amide bonds. The Kier molecular flexibility index (Phi) is 7.51. The van der Waals surface area contributed by atoms with Gasteiger partial charge >= 0.3 is 0 Å². The Morgan fingerprint density at radius 1 is 1.00 bits per heavy atom. The van der Waals surface area contributed by atoms with E-state index in [1.165, 1.54) is 55.7 Å². The summed E-state index contributed by atoms with van der Waals surface area (Å²) < 4.78 is 5.54. The molecule has 0 spiro atoms. The zero-order chi connectivity index (χ0) is 24.0. The summed E-state index contributed by atoms with van der Waals surface area (Å²) in [4.78, 5) is 7.29. The lowest BCUT2D eigenvalue weighted by atomic mass is 9.95. The normalized spacial score (nSPS) is 14.7. The number of pyridine rings is 1. The predicted molar refractivity (Wildman–Crippen MR) is 143 cm³/mol. The van der Waals surface area contributed by atoms with Crippen LogP contribution in [0, 0.1) is 0 Å². The van der Waals surface area contributed by atoms with Crippen molar-refractivity contribution in [2.75, 3.05) is 19.6 Å². The Balaban J connectivity index is 1.30. The van der Waals surface area contributed by atoms with Gasteiger partial charge in [-0.25, -0.2) is 0 Å². The van der Waals surface area contributed by atoms with Crippen molar-refractivity contribution in [1.82, 2.24) is 9.88 Å². The van der Waals surface area contributed by atoms with Gasteiger partial charge < -0.3 is 14.4 Å². The number of benzene rings is 2. The lowest BCUT2D eigenvalue weighted by molar-refractivity contribution is 0.333. The van der Waals surface area contributed by atoms with Crippen molar-refractivity contribution < 1.29 is 9.52 Å². The van der Waals surface area contributed by atoms with E-state index in [0.717, 1.165) is 41.4 Å². The maximum Gasteiger partial charge on any atom is 0.194 e. The molecule has 5 heteroatoms. The first-order valence-electron chi connectivity index (χ1n) is 12.4. The molecule has 0 aliphatic carbocycles. The van der Waals surface area contributed by atoms with E-state index in [1.807, 2.05) is 30.5 Å². The fourth-order valence-electron chi connectivity index (χ4n) is 4.79. The van der Waals surface area contributed by atoms with Gasteiger partial charge in [0.25, 0.3) is 0 Å². The molecule has 4 nitrogen and oxygen atoms in total. The highest BCUT2D eigenvalue weighted by atomic mass is 35.5. The van der Waals surface area contributed by atoms with Crippen LogP contribution in [0.15, 0.2) is 77.4 Å². The number of fused-ring (bicyclic) bond motifs is 1. The Labute approximate surface area is 211 Å². The summed E-state index contributed by atoms with van der Waals surface area (Å²) >= 11 is 6.06. The number of aromatic nitrogens is 1. The number of likely N-dealkylation sites (tertiary alicyclic amines) is 1. The molecular formula is C30H31ClN2O2. The molecule has 0 bridgehead atoms. The monoisotopic (exact) mass is 486 g/mol. The molecule has 3 heterocycles. The van der Waals surface area contributed by atoms with Crippen molar-refractivity contribution in [3.05, 3.63) is 101 Å². The second-order valence-electron chi connectivity index (χ2n) is 9.39. The summed E-state index contributed by atoms with van der Waals surface area (Å²) in [6.45, 7) is 3.69. The minimum atomic E-state index is 0.278. The lowest BCUT2D eigenvalue weighted by Crippen LogP contribution is -2.20. The van der Waals surface area contributed by atoms with E-state index in [4.69, 9.17) is 21.0 Å². The van der Waals surface area contributed by atoms with Crippen LogP contribution in [0.1, 0.15) is 41.6 Å². The van der Waals surface area contributed by atoms with E-state index in [0.29, 0.717) is 5.22 Å². The van der Waals surface area contributed by atoms with Gasteiger partial charge in [-0.05, 0) is 122 Å². The first kappa shape index (κ1) is 23.7. The number of hydrogen-bond donors (Lipinski definition) is 1. The van der Waals surface area contributed by atoms with Crippen LogP contribution in [-0.2, 0) is 19.3 Å². The summed E-state index contributed by atoms with van der Waals surface area (Å²) in [5, 5.41) is 11.1. The standard InChI is InChI=1S/C30H31ClN2O2/c31-30-20-26-19-25(10-14-29(26)35-30)24(18-22-7-12-28(34)13-8-22)9-5-23-6-11-27(32-21-23)4-3-17-33-15-1-2-16-33/h6-14,19-21,34H,1-5,15-18H2. The van der Waals surface area contributed by atoms with Crippen LogP contribution in [0.3, 0.4) is 0 Å². The van der Waals surface area contributed by atoms with Crippen molar-refractivity contribution in [2.24, 2.45) is 0 Å². The molecule has 1 fully saturated rings. The quantitative estimate of drug-likeness (QED) is 0.274. The number of phenolic OH excluding ortho intramolecular Hbond substituents is 1. The van der Waals surface area contributed by atoms with Crippen LogP contribution in [0.5, 0.6) is 5.75 Å². The number of rotatable bonds is 9. The Hall–Kier alpha value is -3.08. The van der Waals surface area contributed by atoms with E-state index in [-0.39, 0.29) is 5.75 Å². The number of furan rings is 1. The van der Waals surface area contributed by atoms with E-state index in [2.05, 4.69) is 35.2 Å². The average molecular weight is 487 g/mol. The number of aromatic hydroxyl groups is 1. The van der Waals surface area contributed by atoms with E-state index < -0.39 is 0 Å². The molecule has 180 valence electrons. The summed E-state index contributed by atoms with van der Waals surface area (Å²) in [5.74, 6) is 0.278. The van der Waals surface area contributed by atoms with Crippen molar-refractivity contribution >= 4 is 28.1 Å². The molecule has 0 unspecified atom stereocenters. The zero-order valence-electron chi connectivity index (χ0n) is 19.9. The molecule has 2 aromatic carbocycles. The molecule has 1 saturated heterocycles. The van der Waals surface area contributed by atoms with Crippen LogP contribution < -0.4 is 0 Å². The minimum Gasteiger partial charge on any atom is -0.508 e. The highest BCUT2D eigenvalue weighted by molar-refractivity contribution is 6.29. The average Bonchev–Trinajstić information content (AvgIpc) is 3.52. The second-order valence-corrected chi connectivity index (χ2v) is 9.76. The number of phenols is 1. The van der Waals surface area contributed by atoms with Gasteiger partial charge in [0.1, 0.15) is 11.3 Å². The summed E-state index contributed by atoms with van der Waals surface area (Å²) in [5.41, 5.74) is 6.64. The molecule has 35 heavy (non-hydrogen) atoms. The largest absolute Gasteiger partial charge is 0.508 e. The third-order valence-corrected chi connectivity index (χ3v) is 6.95.